The van der Waals surface area contributed by atoms with E-state index in [-0.39, 0.29) is 18.6 Å². The van der Waals surface area contributed by atoms with Crippen LogP contribution in [0.2, 0.25) is 0 Å². The van der Waals surface area contributed by atoms with Crippen LogP contribution in [-0.4, -0.2) is 49.2 Å². The number of nitrogens with one attached hydrogen (secondary N) is 1. The van der Waals surface area contributed by atoms with Gasteiger partial charge in [-0.15, -0.1) is 0 Å². The van der Waals surface area contributed by atoms with Crippen LogP contribution in [0.3, 0.4) is 0 Å². The molecule has 0 heterocycles. The van der Waals surface area contributed by atoms with Crippen LogP contribution in [0.4, 0.5) is 0 Å². The standard InChI is InChI=1S/C16H22N2O2/c1-12-7-8-15(14(10-12)6-5-9-19)16(20)17-13(2)11-18(3)4/h7-8,10,13,19H,9,11H2,1-4H3,(H,17,20). The number of nitrogens with zero attached hydrogens (tertiary/aromatic N) is 1. The lowest BCUT2D eigenvalue weighted by Crippen LogP contribution is -2.39. The van der Waals surface area contributed by atoms with Crippen molar-refractivity contribution in [3.05, 3.63) is 34.9 Å². The molecule has 1 aromatic carbocycles. The second kappa shape index (κ2) is 7.68. The Kier molecular flexibility index (Phi) is 6.23. The number of aryl methyl sites for hydroxylation is 1. The van der Waals surface area contributed by atoms with Crippen LogP contribution >= 0.6 is 0 Å². The van der Waals surface area contributed by atoms with Gasteiger partial charge in [0, 0.05) is 18.2 Å². The van der Waals surface area contributed by atoms with E-state index in [2.05, 4.69) is 17.2 Å². The zero-order chi connectivity index (χ0) is 15.1. The van der Waals surface area contributed by atoms with Gasteiger partial charge in [0.15, 0.2) is 0 Å². The lowest BCUT2D eigenvalue weighted by atomic mass is 10.0. The number of benzene rings is 1. The van der Waals surface area contributed by atoms with E-state index in [1.165, 1.54) is 0 Å². The molecule has 0 aliphatic carbocycles. The van der Waals surface area contributed by atoms with Crippen LogP contribution in [-0.2, 0) is 0 Å². The lowest BCUT2D eigenvalue weighted by Gasteiger charge is -2.18. The summed E-state index contributed by atoms with van der Waals surface area (Å²) in [4.78, 5) is 14.3. The van der Waals surface area contributed by atoms with Crippen LogP contribution in [0.5, 0.6) is 0 Å². The maximum absolute atomic E-state index is 12.3. The Morgan fingerprint density at radius 1 is 1.45 bits per heavy atom. The SMILES string of the molecule is Cc1ccc(C(=O)NC(C)CN(C)C)c(C#CCO)c1. The van der Waals surface area contributed by atoms with Crippen molar-refractivity contribution in [2.24, 2.45) is 0 Å². The molecule has 1 atom stereocenters. The minimum atomic E-state index is -0.216. The third-order valence-electron chi connectivity index (χ3n) is 2.74. The number of hydrogen-bond donors (Lipinski definition) is 2. The molecule has 4 heteroatoms. The number of carbonyl (C=O) groups excluding carboxylic acids is 1. The van der Waals surface area contributed by atoms with Gasteiger partial charge in [-0.1, -0.05) is 17.9 Å². The summed E-state index contributed by atoms with van der Waals surface area (Å²) >= 11 is 0. The maximum atomic E-state index is 12.3. The molecule has 0 saturated carbocycles. The van der Waals surface area contributed by atoms with Gasteiger partial charge in [0.1, 0.15) is 6.61 Å². The predicted molar refractivity (Wildman–Crippen MR) is 80.6 cm³/mol. The highest BCUT2D eigenvalue weighted by molar-refractivity contribution is 5.97. The highest BCUT2D eigenvalue weighted by atomic mass is 16.2. The van der Waals surface area contributed by atoms with Crippen molar-refractivity contribution in [2.45, 2.75) is 19.9 Å². The summed E-state index contributed by atoms with van der Waals surface area (Å²) < 4.78 is 0. The molecule has 1 unspecified atom stereocenters. The van der Waals surface area contributed by atoms with Crippen molar-refractivity contribution in [1.82, 2.24) is 10.2 Å². The van der Waals surface area contributed by atoms with E-state index in [9.17, 15) is 4.79 Å². The van der Waals surface area contributed by atoms with E-state index in [1.807, 2.05) is 45.0 Å². The number of rotatable bonds is 4. The van der Waals surface area contributed by atoms with Crippen molar-refractivity contribution in [1.29, 1.82) is 0 Å². The molecule has 0 saturated heterocycles. The summed E-state index contributed by atoms with van der Waals surface area (Å²) in [6.45, 7) is 4.47. The minimum Gasteiger partial charge on any atom is -0.384 e. The summed E-state index contributed by atoms with van der Waals surface area (Å²) in [5.74, 6) is 5.28. The van der Waals surface area contributed by atoms with Gasteiger partial charge in [-0.3, -0.25) is 4.79 Å². The fourth-order valence-corrected chi connectivity index (χ4v) is 1.99. The number of aliphatic hydroxyl groups excluding tert-OH is 1. The molecule has 0 aromatic heterocycles. The Hall–Kier alpha value is -1.83. The number of aliphatic hydroxyl groups is 1. The lowest BCUT2D eigenvalue weighted by molar-refractivity contribution is 0.0934. The maximum Gasteiger partial charge on any atom is 0.252 e. The first-order valence-corrected chi connectivity index (χ1v) is 6.60. The molecular weight excluding hydrogens is 252 g/mol. The van der Waals surface area contributed by atoms with Gasteiger partial charge in [0.05, 0.1) is 5.56 Å². The Balaban J connectivity index is 2.92. The quantitative estimate of drug-likeness (QED) is 0.806. The molecular formula is C16H22N2O2. The fourth-order valence-electron chi connectivity index (χ4n) is 1.99. The molecule has 0 radical (unpaired) electrons. The third-order valence-corrected chi connectivity index (χ3v) is 2.74. The van der Waals surface area contributed by atoms with E-state index in [4.69, 9.17) is 5.11 Å². The van der Waals surface area contributed by atoms with Crippen LogP contribution in [0, 0.1) is 18.8 Å². The first kappa shape index (κ1) is 16.2. The average molecular weight is 274 g/mol. The first-order valence-electron chi connectivity index (χ1n) is 6.60. The van der Waals surface area contributed by atoms with Crippen LogP contribution in [0.1, 0.15) is 28.4 Å². The van der Waals surface area contributed by atoms with Crippen molar-refractivity contribution in [2.75, 3.05) is 27.2 Å². The minimum absolute atomic E-state index is 0.0532. The molecule has 0 aliphatic heterocycles. The number of hydrogen-bond acceptors (Lipinski definition) is 3. The molecule has 1 amide bonds. The van der Waals surface area contributed by atoms with Crippen LogP contribution in [0.15, 0.2) is 18.2 Å². The Morgan fingerprint density at radius 3 is 2.75 bits per heavy atom. The van der Waals surface area contributed by atoms with E-state index >= 15 is 0 Å². The molecule has 108 valence electrons. The first-order chi connectivity index (χ1) is 9.43. The van der Waals surface area contributed by atoms with E-state index in [0.29, 0.717) is 11.1 Å². The molecule has 0 bridgehead atoms. The smallest absolute Gasteiger partial charge is 0.252 e. The molecule has 0 fully saturated rings. The summed E-state index contributed by atoms with van der Waals surface area (Å²) in [6, 6.07) is 5.57. The summed E-state index contributed by atoms with van der Waals surface area (Å²) in [6.07, 6.45) is 0. The molecule has 1 aromatic rings. The monoisotopic (exact) mass is 274 g/mol. The van der Waals surface area contributed by atoms with Gasteiger partial charge >= 0.3 is 0 Å². The average Bonchev–Trinajstić information content (AvgIpc) is 2.35. The summed E-state index contributed by atoms with van der Waals surface area (Å²) in [7, 11) is 3.93. The van der Waals surface area contributed by atoms with Gasteiger partial charge in [-0.2, -0.15) is 0 Å². The van der Waals surface area contributed by atoms with Crippen molar-refractivity contribution < 1.29 is 9.90 Å². The van der Waals surface area contributed by atoms with E-state index < -0.39 is 0 Å². The summed E-state index contributed by atoms with van der Waals surface area (Å²) in [5, 5.41) is 11.7. The molecule has 2 N–H and O–H groups in total. The van der Waals surface area contributed by atoms with Gasteiger partial charge < -0.3 is 15.3 Å². The third kappa shape index (κ3) is 5.04. The van der Waals surface area contributed by atoms with Crippen LogP contribution < -0.4 is 5.32 Å². The topological polar surface area (TPSA) is 52.6 Å². The molecule has 1 rings (SSSR count). The molecule has 0 aliphatic rings. The fraction of sp³-hybridized carbons (Fsp3) is 0.438. The van der Waals surface area contributed by atoms with Gasteiger partial charge in [-0.25, -0.2) is 0 Å². The van der Waals surface area contributed by atoms with Gasteiger partial charge in [-0.05, 0) is 45.6 Å². The summed E-state index contributed by atoms with van der Waals surface area (Å²) in [5.41, 5.74) is 2.22. The Labute approximate surface area is 120 Å². The highest BCUT2D eigenvalue weighted by Gasteiger charge is 2.13. The predicted octanol–water partition coefficient (Wildman–Crippen LogP) is 1.02. The van der Waals surface area contributed by atoms with Crippen LogP contribution in [0.25, 0.3) is 0 Å². The normalized spacial score (nSPS) is 11.7. The van der Waals surface area contributed by atoms with E-state index in [1.54, 1.807) is 6.07 Å². The second-order valence-corrected chi connectivity index (χ2v) is 5.15. The molecule has 20 heavy (non-hydrogen) atoms. The zero-order valence-electron chi connectivity index (χ0n) is 12.5. The zero-order valence-corrected chi connectivity index (χ0v) is 12.5. The molecule has 4 nitrogen and oxygen atoms in total. The van der Waals surface area contributed by atoms with Gasteiger partial charge in [0.2, 0.25) is 0 Å². The number of amides is 1. The van der Waals surface area contributed by atoms with Gasteiger partial charge in [0.25, 0.3) is 5.91 Å². The van der Waals surface area contributed by atoms with Crippen molar-refractivity contribution >= 4 is 5.91 Å². The highest BCUT2D eigenvalue weighted by Crippen LogP contribution is 2.11. The molecule has 0 spiro atoms. The Bertz CT molecular complexity index is 527. The van der Waals surface area contributed by atoms with E-state index in [0.717, 1.165) is 12.1 Å². The number of likely N-dealkylation sites (N-methyl/N-ethyl adjacent to an activating group) is 1. The Morgan fingerprint density at radius 2 is 2.15 bits per heavy atom. The number of carbonyl (C=O) groups is 1. The van der Waals surface area contributed by atoms with Crippen molar-refractivity contribution in [3.8, 4) is 11.8 Å². The second-order valence-electron chi connectivity index (χ2n) is 5.15. The van der Waals surface area contributed by atoms with Crippen molar-refractivity contribution in [3.63, 3.8) is 0 Å². The largest absolute Gasteiger partial charge is 0.384 e.